The number of piperidine rings is 2. The van der Waals surface area contributed by atoms with Crippen LogP contribution in [-0.2, 0) is 14.3 Å². The van der Waals surface area contributed by atoms with Crippen LogP contribution in [0.2, 0.25) is 0 Å². The molecule has 6 unspecified atom stereocenters. The lowest BCUT2D eigenvalue weighted by atomic mass is 9.83. The second-order valence-corrected chi connectivity index (χ2v) is 11.2. The summed E-state index contributed by atoms with van der Waals surface area (Å²) in [6.07, 6.45) is 1.89. The summed E-state index contributed by atoms with van der Waals surface area (Å²) < 4.78 is 19.4. The molecular formula is C23H39FN8O3. The molecule has 35 heavy (non-hydrogen) atoms. The number of hydrazine groups is 1. The van der Waals surface area contributed by atoms with E-state index in [9.17, 15) is 14.0 Å². The Morgan fingerprint density at radius 1 is 1.14 bits per heavy atom. The summed E-state index contributed by atoms with van der Waals surface area (Å²) in [6.45, 7) is 6.13. The Balaban J connectivity index is 1.03. The molecule has 6 aliphatic heterocycles. The minimum Gasteiger partial charge on any atom is -0.371 e. The van der Waals surface area contributed by atoms with Crippen LogP contribution in [0.3, 0.4) is 0 Å². The number of nitrogens with zero attached hydrogens (tertiary/aromatic N) is 3. The SMILES string of the molecule is NC1NN2CC(F)CNC2C1C(=O)NC1CNCCC1N1CCC(C(=O)N2CC3(CCO3)C2)CC1. The zero-order chi connectivity index (χ0) is 24.2. The number of alkyl halides is 1. The van der Waals surface area contributed by atoms with E-state index in [2.05, 4.69) is 26.3 Å². The van der Waals surface area contributed by atoms with E-state index in [-0.39, 0.29) is 54.7 Å². The number of likely N-dealkylation sites (tertiary alicyclic amines) is 2. The van der Waals surface area contributed by atoms with Crippen LogP contribution >= 0.6 is 0 Å². The molecule has 0 bridgehead atoms. The van der Waals surface area contributed by atoms with Gasteiger partial charge < -0.3 is 26.0 Å². The van der Waals surface area contributed by atoms with E-state index in [0.717, 1.165) is 65.0 Å². The van der Waals surface area contributed by atoms with E-state index < -0.39 is 18.3 Å². The Kier molecular flexibility index (Phi) is 6.48. The zero-order valence-electron chi connectivity index (χ0n) is 20.3. The third-order valence-electron chi connectivity index (χ3n) is 8.98. The minimum absolute atomic E-state index is 0.0218. The molecular weight excluding hydrogens is 455 g/mol. The Bertz CT molecular complexity index is 815. The van der Waals surface area contributed by atoms with Gasteiger partial charge in [0.15, 0.2) is 0 Å². The highest BCUT2D eigenvalue weighted by Gasteiger charge is 2.52. The molecule has 6 N–H and O–H groups in total. The standard InChI is InChI=1S/C23H39FN8O3/c24-15-9-27-20-18(19(25)29-32(20)11-15)21(33)28-16-10-26-5-1-17(16)30-6-2-14(3-7-30)22(34)31-12-23(13-31)4-8-35-23/h14-20,26-27,29H,1-13,25H2,(H,28,33). The van der Waals surface area contributed by atoms with E-state index in [1.807, 2.05) is 4.90 Å². The Morgan fingerprint density at radius 3 is 2.63 bits per heavy atom. The predicted octanol–water partition coefficient (Wildman–Crippen LogP) is -2.46. The number of amides is 2. The van der Waals surface area contributed by atoms with Crippen LogP contribution in [0.1, 0.15) is 25.7 Å². The fourth-order valence-electron chi connectivity index (χ4n) is 6.87. The van der Waals surface area contributed by atoms with Crippen molar-refractivity contribution in [2.45, 2.75) is 61.9 Å². The van der Waals surface area contributed by atoms with Crippen molar-refractivity contribution >= 4 is 11.8 Å². The Labute approximate surface area is 205 Å². The number of carbonyl (C=O) groups is 2. The van der Waals surface area contributed by atoms with Crippen molar-refractivity contribution in [3.63, 3.8) is 0 Å². The summed E-state index contributed by atoms with van der Waals surface area (Å²) in [5, 5.41) is 11.5. The van der Waals surface area contributed by atoms with E-state index >= 15 is 0 Å². The van der Waals surface area contributed by atoms with Crippen molar-refractivity contribution in [3.05, 3.63) is 0 Å². The average Bonchev–Trinajstić information content (AvgIpc) is 3.12. The third kappa shape index (κ3) is 4.47. The van der Waals surface area contributed by atoms with Gasteiger partial charge in [-0.3, -0.25) is 19.8 Å². The van der Waals surface area contributed by atoms with Crippen molar-refractivity contribution in [2.24, 2.45) is 17.6 Å². The predicted molar refractivity (Wildman–Crippen MR) is 125 cm³/mol. The molecule has 6 heterocycles. The van der Waals surface area contributed by atoms with Crippen LogP contribution < -0.4 is 27.1 Å². The molecule has 0 aliphatic carbocycles. The van der Waals surface area contributed by atoms with Crippen molar-refractivity contribution in [1.82, 2.24) is 36.2 Å². The van der Waals surface area contributed by atoms with Gasteiger partial charge in [-0.15, -0.1) is 0 Å². The van der Waals surface area contributed by atoms with Gasteiger partial charge in [0.05, 0.1) is 44.0 Å². The highest BCUT2D eigenvalue weighted by Crippen LogP contribution is 2.37. The lowest BCUT2D eigenvalue weighted by Gasteiger charge is -2.56. The third-order valence-corrected chi connectivity index (χ3v) is 8.98. The summed E-state index contributed by atoms with van der Waals surface area (Å²) in [7, 11) is 0. The second kappa shape index (κ2) is 9.47. The van der Waals surface area contributed by atoms with Gasteiger partial charge in [-0.2, -0.15) is 0 Å². The maximum atomic E-state index is 13.8. The van der Waals surface area contributed by atoms with Crippen LogP contribution in [-0.4, -0.2) is 122 Å². The molecule has 1 spiro atoms. The smallest absolute Gasteiger partial charge is 0.229 e. The van der Waals surface area contributed by atoms with Crippen molar-refractivity contribution in [2.75, 3.05) is 59.0 Å². The number of hydrogen-bond donors (Lipinski definition) is 5. The van der Waals surface area contributed by atoms with Gasteiger partial charge in [-0.25, -0.2) is 14.8 Å². The van der Waals surface area contributed by atoms with Crippen LogP contribution in [0.25, 0.3) is 0 Å². The first-order valence-corrected chi connectivity index (χ1v) is 13.3. The van der Waals surface area contributed by atoms with E-state index in [0.29, 0.717) is 6.54 Å². The van der Waals surface area contributed by atoms with Gasteiger partial charge >= 0.3 is 0 Å². The molecule has 6 atom stereocenters. The molecule has 12 heteroatoms. The lowest BCUT2D eigenvalue weighted by Crippen LogP contribution is -2.70. The van der Waals surface area contributed by atoms with Crippen LogP contribution in [0.4, 0.5) is 4.39 Å². The van der Waals surface area contributed by atoms with Crippen molar-refractivity contribution in [1.29, 1.82) is 0 Å². The first kappa shape index (κ1) is 24.0. The van der Waals surface area contributed by atoms with Gasteiger partial charge in [0, 0.05) is 38.0 Å². The van der Waals surface area contributed by atoms with Gasteiger partial charge in [0.1, 0.15) is 11.8 Å². The molecule has 6 aliphatic rings. The number of rotatable bonds is 4. The topological polar surface area (TPSA) is 127 Å². The zero-order valence-corrected chi connectivity index (χ0v) is 20.3. The molecule has 0 radical (unpaired) electrons. The molecule has 0 aromatic heterocycles. The number of nitrogens with two attached hydrogens (primary N) is 1. The van der Waals surface area contributed by atoms with Crippen molar-refractivity contribution in [3.8, 4) is 0 Å². The largest absolute Gasteiger partial charge is 0.371 e. The number of carbonyl (C=O) groups excluding carboxylic acids is 2. The minimum atomic E-state index is -0.983. The average molecular weight is 495 g/mol. The van der Waals surface area contributed by atoms with Crippen LogP contribution in [0.5, 0.6) is 0 Å². The molecule has 6 saturated heterocycles. The van der Waals surface area contributed by atoms with Gasteiger partial charge in [0.2, 0.25) is 11.8 Å². The fraction of sp³-hybridized carbons (Fsp3) is 0.913. The highest BCUT2D eigenvalue weighted by atomic mass is 19.1. The molecule has 0 saturated carbocycles. The second-order valence-electron chi connectivity index (χ2n) is 11.2. The summed E-state index contributed by atoms with van der Waals surface area (Å²) in [6, 6.07) is 0.191. The fourth-order valence-corrected chi connectivity index (χ4v) is 6.87. The van der Waals surface area contributed by atoms with Crippen LogP contribution in [0.15, 0.2) is 0 Å². The Morgan fingerprint density at radius 2 is 1.91 bits per heavy atom. The maximum absolute atomic E-state index is 13.8. The van der Waals surface area contributed by atoms with Crippen LogP contribution in [0, 0.1) is 11.8 Å². The van der Waals surface area contributed by atoms with E-state index in [4.69, 9.17) is 10.5 Å². The molecule has 6 rings (SSSR count). The number of hydrogen-bond acceptors (Lipinski definition) is 9. The molecule has 6 fully saturated rings. The Hall–Kier alpha value is -1.41. The lowest BCUT2D eigenvalue weighted by molar-refractivity contribution is -0.223. The number of halogens is 1. The molecule has 2 amide bonds. The molecule has 0 aromatic carbocycles. The first-order valence-electron chi connectivity index (χ1n) is 13.3. The molecule has 11 nitrogen and oxygen atoms in total. The number of ether oxygens (including phenoxy) is 1. The quantitative estimate of drug-likeness (QED) is 0.289. The van der Waals surface area contributed by atoms with E-state index in [1.54, 1.807) is 5.01 Å². The normalized spacial score (nSPS) is 40.1. The maximum Gasteiger partial charge on any atom is 0.229 e. The summed E-state index contributed by atoms with van der Waals surface area (Å²) in [4.78, 5) is 30.7. The molecule has 196 valence electrons. The highest BCUT2D eigenvalue weighted by molar-refractivity contribution is 5.81. The summed E-state index contributed by atoms with van der Waals surface area (Å²) in [5.41, 5.74) is 9.27. The summed E-state index contributed by atoms with van der Waals surface area (Å²) in [5.74, 6) is -0.226. The van der Waals surface area contributed by atoms with Gasteiger partial charge in [0.25, 0.3) is 0 Å². The van der Waals surface area contributed by atoms with Gasteiger partial charge in [-0.05, 0) is 38.9 Å². The van der Waals surface area contributed by atoms with Crippen molar-refractivity contribution < 1.29 is 18.7 Å². The van der Waals surface area contributed by atoms with E-state index in [1.165, 1.54) is 0 Å². The monoisotopic (exact) mass is 494 g/mol. The summed E-state index contributed by atoms with van der Waals surface area (Å²) >= 11 is 0. The number of nitrogens with one attached hydrogen (secondary N) is 4. The number of fused-ring (bicyclic) bond motifs is 1. The first-order chi connectivity index (χ1) is 16.9. The van der Waals surface area contributed by atoms with Gasteiger partial charge in [-0.1, -0.05) is 0 Å². The molecule has 0 aromatic rings.